The topological polar surface area (TPSA) is 78.9 Å². The summed E-state index contributed by atoms with van der Waals surface area (Å²) in [6, 6.07) is 0. The molecule has 0 aliphatic carbocycles. The summed E-state index contributed by atoms with van der Waals surface area (Å²) in [4.78, 5) is 37.9. The van der Waals surface area contributed by atoms with Crippen LogP contribution in [0.15, 0.2) is 85.1 Å². The van der Waals surface area contributed by atoms with E-state index in [9.17, 15) is 14.4 Å². The Bertz CT molecular complexity index is 1470. The maximum absolute atomic E-state index is 12.8. The first-order chi connectivity index (χ1) is 38.0. The number of unbranched alkanes of at least 4 members (excludes halogenated alkanes) is 35. The van der Waals surface area contributed by atoms with Gasteiger partial charge in [-0.2, -0.15) is 0 Å². The van der Waals surface area contributed by atoms with Gasteiger partial charge < -0.3 is 14.2 Å². The fourth-order valence-corrected chi connectivity index (χ4v) is 9.48. The highest BCUT2D eigenvalue weighted by Gasteiger charge is 2.19. The van der Waals surface area contributed by atoms with Crippen molar-refractivity contribution in [1.82, 2.24) is 0 Å². The third kappa shape index (κ3) is 63.3. The molecule has 0 aliphatic heterocycles. The van der Waals surface area contributed by atoms with Gasteiger partial charge in [-0.3, -0.25) is 14.4 Å². The van der Waals surface area contributed by atoms with Crippen LogP contribution >= 0.6 is 0 Å². The van der Waals surface area contributed by atoms with Crippen LogP contribution in [0, 0.1) is 0 Å². The lowest BCUT2D eigenvalue weighted by molar-refractivity contribution is -0.167. The third-order valence-electron chi connectivity index (χ3n) is 14.4. The normalized spacial score (nSPS) is 12.6. The van der Waals surface area contributed by atoms with Crippen molar-refractivity contribution in [3.63, 3.8) is 0 Å². The molecular formula is C71H124O6. The van der Waals surface area contributed by atoms with Crippen LogP contribution < -0.4 is 0 Å². The number of hydrogen-bond donors (Lipinski definition) is 0. The van der Waals surface area contributed by atoms with Crippen molar-refractivity contribution in [3.8, 4) is 0 Å². The van der Waals surface area contributed by atoms with Crippen molar-refractivity contribution >= 4 is 17.9 Å². The molecule has 0 amide bonds. The number of rotatable bonds is 60. The molecule has 0 aromatic rings. The summed E-state index contributed by atoms with van der Waals surface area (Å²) in [5.41, 5.74) is 0. The van der Waals surface area contributed by atoms with Crippen molar-refractivity contribution in [3.05, 3.63) is 85.1 Å². The number of hydrogen-bond acceptors (Lipinski definition) is 6. The lowest BCUT2D eigenvalue weighted by atomic mass is 10.0. The molecule has 0 saturated heterocycles. The fourth-order valence-electron chi connectivity index (χ4n) is 9.48. The number of ether oxygens (including phenoxy) is 3. The lowest BCUT2D eigenvalue weighted by Gasteiger charge is -2.18. The molecule has 0 aliphatic rings. The van der Waals surface area contributed by atoms with Crippen LogP contribution in [0.1, 0.15) is 329 Å². The van der Waals surface area contributed by atoms with Crippen LogP contribution in [0.3, 0.4) is 0 Å². The van der Waals surface area contributed by atoms with E-state index in [1.165, 1.54) is 180 Å². The summed E-state index contributed by atoms with van der Waals surface area (Å²) in [5.74, 6) is -0.875. The van der Waals surface area contributed by atoms with Crippen molar-refractivity contribution in [2.45, 2.75) is 335 Å². The second-order valence-electron chi connectivity index (χ2n) is 22.0. The Hall–Kier alpha value is -3.41. The number of carbonyl (C=O) groups excluding carboxylic acids is 3. The second-order valence-corrected chi connectivity index (χ2v) is 22.0. The van der Waals surface area contributed by atoms with Gasteiger partial charge in [-0.15, -0.1) is 0 Å². The van der Waals surface area contributed by atoms with Crippen molar-refractivity contribution in [2.75, 3.05) is 13.2 Å². The smallest absolute Gasteiger partial charge is 0.306 e. The zero-order valence-corrected chi connectivity index (χ0v) is 51.0. The van der Waals surface area contributed by atoms with Crippen LogP contribution in [-0.2, 0) is 28.6 Å². The first-order valence-electron chi connectivity index (χ1n) is 33.1. The molecule has 444 valence electrons. The molecule has 0 spiro atoms. The van der Waals surface area contributed by atoms with Crippen LogP contribution in [-0.4, -0.2) is 37.2 Å². The molecule has 0 aromatic carbocycles. The Morgan fingerprint density at radius 3 is 0.792 bits per heavy atom. The maximum Gasteiger partial charge on any atom is 0.306 e. The van der Waals surface area contributed by atoms with Gasteiger partial charge in [-0.1, -0.05) is 318 Å². The molecule has 0 radical (unpaired) electrons. The van der Waals surface area contributed by atoms with Crippen LogP contribution in [0.25, 0.3) is 0 Å². The van der Waals surface area contributed by atoms with E-state index >= 15 is 0 Å². The molecule has 1 atom stereocenters. The van der Waals surface area contributed by atoms with E-state index in [0.29, 0.717) is 19.3 Å². The van der Waals surface area contributed by atoms with E-state index in [1.807, 2.05) is 0 Å². The molecule has 0 rings (SSSR count). The quantitative estimate of drug-likeness (QED) is 0.0261. The molecule has 1 unspecified atom stereocenters. The van der Waals surface area contributed by atoms with Gasteiger partial charge in [-0.25, -0.2) is 0 Å². The molecular weight excluding hydrogens is 949 g/mol. The summed E-state index contributed by atoms with van der Waals surface area (Å²) < 4.78 is 16.8. The first kappa shape index (κ1) is 73.6. The van der Waals surface area contributed by atoms with Gasteiger partial charge in [0.15, 0.2) is 6.10 Å². The fraction of sp³-hybridized carbons (Fsp3) is 0.761. The Morgan fingerprint density at radius 1 is 0.273 bits per heavy atom. The minimum atomic E-state index is -0.771. The standard InChI is InChI=1S/C71H124O6/c1-4-7-10-13-15-17-19-21-23-25-27-29-30-31-32-33-34-35-36-37-38-39-40-42-43-45-47-49-51-53-55-58-61-64-70(73)76-67-68(66-75-69(72)63-60-57-12-9-6-3)77-71(74)65-62-59-56-54-52-50-48-46-44-41-28-26-24-22-20-18-16-14-11-8-5-2/h7,10,15,17,21,23,27,29,31-32,34-35,37-38,68H,4-6,8-9,11-14,16,18-20,22,24-26,28,30,33,36,39-67H2,1-3H3/b10-7-,17-15-,23-21-,29-27-,32-31-,35-34-,38-37-. The summed E-state index contributed by atoms with van der Waals surface area (Å²) in [5, 5.41) is 0. The van der Waals surface area contributed by atoms with Gasteiger partial charge in [-0.05, 0) is 77.0 Å². The van der Waals surface area contributed by atoms with E-state index in [2.05, 4.69) is 106 Å². The highest BCUT2D eigenvalue weighted by atomic mass is 16.6. The first-order valence-corrected chi connectivity index (χ1v) is 33.1. The van der Waals surface area contributed by atoms with E-state index in [1.54, 1.807) is 0 Å². The average molecular weight is 1070 g/mol. The summed E-state index contributed by atoms with van der Waals surface area (Å²) >= 11 is 0. The van der Waals surface area contributed by atoms with Crippen molar-refractivity contribution < 1.29 is 28.6 Å². The summed E-state index contributed by atoms with van der Waals surface area (Å²) in [6.07, 6.45) is 86.5. The van der Waals surface area contributed by atoms with Crippen molar-refractivity contribution in [2.24, 2.45) is 0 Å². The number of carbonyl (C=O) groups is 3. The van der Waals surface area contributed by atoms with E-state index in [-0.39, 0.29) is 31.1 Å². The van der Waals surface area contributed by atoms with Gasteiger partial charge in [0.2, 0.25) is 0 Å². The molecule has 0 heterocycles. The van der Waals surface area contributed by atoms with E-state index in [4.69, 9.17) is 14.2 Å². The van der Waals surface area contributed by atoms with Gasteiger partial charge in [0.25, 0.3) is 0 Å². The van der Waals surface area contributed by atoms with Crippen LogP contribution in [0.2, 0.25) is 0 Å². The molecule has 6 nitrogen and oxygen atoms in total. The largest absolute Gasteiger partial charge is 0.462 e. The predicted molar refractivity (Wildman–Crippen MR) is 334 cm³/mol. The Morgan fingerprint density at radius 2 is 0.506 bits per heavy atom. The van der Waals surface area contributed by atoms with Gasteiger partial charge in [0.05, 0.1) is 0 Å². The predicted octanol–water partition coefficient (Wildman–Crippen LogP) is 22.7. The highest BCUT2D eigenvalue weighted by molar-refractivity contribution is 5.71. The van der Waals surface area contributed by atoms with Crippen LogP contribution in [0.5, 0.6) is 0 Å². The third-order valence-corrected chi connectivity index (χ3v) is 14.4. The van der Waals surface area contributed by atoms with E-state index < -0.39 is 6.10 Å². The number of esters is 3. The zero-order chi connectivity index (χ0) is 55.7. The second kappa shape index (κ2) is 65.1. The summed E-state index contributed by atoms with van der Waals surface area (Å²) in [6.45, 7) is 6.48. The highest BCUT2D eigenvalue weighted by Crippen LogP contribution is 2.17. The molecule has 77 heavy (non-hydrogen) atoms. The molecule has 0 aromatic heterocycles. The molecule has 0 N–H and O–H groups in total. The minimum Gasteiger partial charge on any atom is -0.462 e. The lowest BCUT2D eigenvalue weighted by Crippen LogP contribution is -2.30. The monoisotopic (exact) mass is 1070 g/mol. The Kier molecular flexibility index (Phi) is 62.2. The SMILES string of the molecule is CC/C=C\C/C=C\C/C=C\C/C=C\C/C=C\C/C=C\C/C=C\CCCCCCCCCCCCCC(=O)OCC(COC(=O)CCCCCCC)OC(=O)CCCCCCCCCCCCCCCCCCCCCCC. The maximum atomic E-state index is 12.8. The Balaban J connectivity index is 4.00. The molecule has 6 heteroatoms. The van der Waals surface area contributed by atoms with Gasteiger partial charge in [0, 0.05) is 19.3 Å². The van der Waals surface area contributed by atoms with Crippen LogP contribution in [0.4, 0.5) is 0 Å². The number of allylic oxidation sites excluding steroid dienone is 14. The van der Waals surface area contributed by atoms with E-state index in [0.717, 1.165) is 109 Å². The molecule has 0 fully saturated rings. The van der Waals surface area contributed by atoms with Gasteiger partial charge in [0.1, 0.15) is 13.2 Å². The minimum absolute atomic E-state index is 0.0736. The molecule has 0 saturated carbocycles. The zero-order valence-electron chi connectivity index (χ0n) is 51.0. The van der Waals surface area contributed by atoms with Crippen molar-refractivity contribution in [1.29, 1.82) is 0 Å². The Labute approximate surface area is 477 Å². The van der Waals surface area contributed by atoms with Gasteiger partial charge >= 0.3 is 17.9 Å². The average Bonchev–Trinajstić information content (AvgIpc) is 3.43. The summed E-state index contributed by atoms with van der Waals surface area (Å²) in [7, 11) is 0. The molecule has 0 bridgehead atoms.